The Morgan fingerprint density at radius 3 is 2.55 bits per heavy atom. The summed E-state index contributed by atoms with van der Waals surface area (Å²) in [6.07, 6.45) is 2.49. The van der Waals surface area contributed by atoms with Crippen molar-refractivity contribution in [2.75, 3.05) is 27.2 Å². The van der Waals surface area contributed by atoms with Gasteiger partial charge in [0.2, 0.25) is 5.91 Å². The van der Waals surface area contributed by atoms with Crippen molar-refractivity contribution in [3.63, 3.8) is 0 Å². The minimum Gasteiger partial charge on any atom is -0.508 e. The van der Waals surface area contributed by atoms with Gasteiger partial charge in [0.05, 0.1) is 6.04 Å². The molecule has 0 aliphatic heterocycles. The van der Waals surface area contributed by atoms with E-state index in [-0.39, 0.29) is 11.7 Å². The fourth-order valence-electron chi connectivity index (χ4n) is 1.87. The van der Waals surface area contributed by atoms with Crippen LogP contribution in [0, 0.1) is 0 Å². The first-order valence-corrected chi connectivity index (χ1v) is 6.95. The summed E-state index contributed by atoms with van der Waals surface area (Å²) >= 11 is 0. The lowest BCUT2D eigenvalue weighted by Crippen LogP contribution is -2.42. The molecule has 1 unspecified atom stereocenters. The van der Waals surface area contributed by atoms with Gasteiger partial charge in [0.15, 0.2) is 0 Å². The normalized spacial score (nSPS) is 12.4. The molecular formula is C15H25N3O2. The lowest BCUT2D eigenvalue weighted by Gasteiger charge is -2.13. The summed E-state index contributed by atoms with van der Waals surface area (Å²) in [5, 5.41) is 12.0. The van der Waals surface area contributed by atoms with Crippen molar-refractivity contribution in [2.45, 2.75) is 25.3 Å². The Hall–Kier alpha value is -1.59. The Morgan fingerprint density at radius 2 is 1.95 bits per heavy atom. The molecule has 5 heteroatoms. The summed E-state index contributed by atoms with van der Waals surface area (Å²) in [7, 11) is 4.07. The van der Waals surface area contributed by atoms with E-state index in [1.165, 1.54) is 0 Å². The maximum atomic E-state index is 11.8. The number of aromatic hydroxyl groups is 1. The molecular weight excluding hydrogens is 254 g/mol. The van der Waals surface area contributed by atoms with Crippen LogP contribution in [0.5, 0.6) is 5.75 Å². The fraction of sp³-hybridized carbons (Fsp3) is 0.533. The number of phenolic OH excluding ortho intramolecular Hbond substituents is 1. The Balaban J connectivity index is 2.23. The molecule has 5 nitrogen and oxygen atoms in total. The van der Waals surface area contributed by atoms with Gasteiger partial charge in [-0.1, -0.05) is 12.1 Å². The van der Waals surface area contributed by atoms with Gasteiger partial charge in [-0.15, -0.1) is 0 Å². The van der Waals surface area contributed by atoms with Gasteiger partial charge in [-0.05, 0) is 57.6 Å². The van der Waals surface area contributed by atoms with Crippen LogP contribution in [0.3, 0.4) is 0 Å². The highest BCUT2D eigenvalue weighted by atomic mass is 16.3. The van der Waals surface area contributed by atoms with E-state index >= 15 is 0 Å². The Kier molecular flexibility index (Phi) is 7.04. The van der Waals surface area contributed by atoms with Gasteiger partial charge in [-0.2, -0.15) is 0 Å². The fourth-order valence-corrected chi connectivity index (χ4v) is 1.87. The molecule has 1 aromatic rings. The second-order valence-corrected chi connectivity index (χ2v) is 5.28. The number of hydrogen-bond acceptors (Lipinski definition) is 4. The molecule has 0 radical (unpaired) electrons. The predicted octanol–water partition coefficient (Wildman–Crippen LogP) is 0.720. The zero-order valence-electron chi connectivity index (χ0n) is 12.3. The zero-order chi connectivity index (χ0) is 15.0. The van der Waals surface area contributed by atoms with Gasteiger partial charge in [-0.25, -0.2) is 0 Å². The molecule has 0 spiro atoms. The van der Waals surface area contributed by atoms with E-state index in [1.54, 1.807) is 24.3 Å². The van der Waals surface area contributed by atoms with E-state index in [0.29, 0.717) is 13.0 Å². The van der Waals surface area contributed by atoms with Crippen molar-refractivity contribution in [1.29, 1.82) is 0 Å². The molecule has 0 aromatic heterocycles. The van der Waals surface area contributed by atoms with E-state index < -0.39 is 6.04 Å². The summed E-state index contributed by atoms with van der Waals surface area (Å²) in [5.74, 6) is 0.0931. The zero-order valence-corrected chi connectivity index (χ0v) is 12.3. The van der Waals surface area contributed by atoms with Gasteiger partial charge >= 0.3 is 0 Å². The van der Waals surface area contributed by atoms with Gasteiger partial charge in [0, 0.05) is 6.54 Å². The smallest absolute Gasteiger partial charge is 0.237 e. The van der Waals surface area contributed by atoms with E-state index in [2.05, 4.69) is 10.2 Å². The third kappa shape index (κ3) is 6.54. The molecule has 0 fully saturated rings. The summed E-state index contributed by atoms with van der Waals surface area (Å²) in [6.45, 7) is 1.69. The highest BCUT2D eigenvalue weighted by Gasteiger charge is 2.13. The van der Waals surface area contributed by atoms with E-state index in [1.807, 2.05) is 14.1 Å². The first-order chi connectivity index (χ1) is 9.49. The topological polar surface area (TPSA) is 78.6 Å². The number of phenols is 1. The molecule has 0 heterocycles. The van der Waals surface area contributed by atoms with Crippen molar-refractivity contribution in [1.82, 2.24) is 10.2 Å². The molecule has 1 amide bonds. The van der Waals surface area contributed by atoms with Crippen LogP contribution in [0.25, 0.3) is 0 Å². The number of benzene rings is 1. The van der Waals surface area contributed by atoms with Gasteiger partial charge in [-0.3, -0.25) is 4.79 Å². The molecule has 0 bridgehead atoms. The maximum absolute atomic E-state index is 11.8. The van der Waals surface area contributed by atoms with Crippen molar-refractivity contribution in [2.24, 2.45) is 5.73 Å². The predicted molar refractivity (Wildman–Crippen MR) is 80.6 cm³/mol. The quantitative estimate of drug-likeness (QED) is 0.613. The van der Waals surface area contributed by atoms with Crippen LogP contribution in [0.2, 0.25) is 0 Å². The second kappa shape index (κ2) is 8.55. The monoisotopic (exact) mass is 279 g/mol. The minimum atomic E-state index is -0.548. The molecule has 20 heavy (non-hydrogen) atoms. The summed E-state index contributed by atoms with van der Waals surface area (Å²) < 4.78 is 0. The van der Waals surface area contributed by atoms with Crippen molar-refractivity contribution < 1.29 is 9.90 Å². The molecule has 1 rings (SSSR count). The number of nitrogens with two attached hydrogens (primary N) is 1. The average molecular weight is 279 g/mol. The Bertz CT molecular complexity index is 404. The number of carbonyl (C=O) groups excluding carboxylic acids is 1. The number of carbonyl (C=O) groups is 1. The van der Waals surface area contributed by atoms with Crippen molar-refractivity contribution >= 4 is 5.91 Å². The van der Waals surface area contributed by atoms with Gasteiger partial charge in [0.25, 0.3) is 0 Å². The highest BCUT2D eigenvalue weighted by Crippen LogP contribution is 2.10. The van der Waals surface area contributed by atoms with E-state index in [4.69, 9.17) is 5.73 Å². The van der Waals surface area contributed by atoms with Crippen LogP contribution in [0.1, 0.15) is 18.4 Å². The number of nitrogens with one attached hydrogen (secondary N) is 1. The molecule has 0 saturated heterocycles. The SMILES string of the molecule is CN(C)CCCCNC(=O)C(N)Cc1ccc(O)cc1. The van der Waals surface area contributed by atoms with Crippen LogP contribution < -0.4 is 11.1 Å². The average Bonchev–Trinajstić information content (AvgIpc) is 2.40. The number of rotatable bonds is 8. The van der Waals surface area contributed by atoms with Crippen molar-refractivity contribution in [3.8, 4) is 5.75 Å². The standard InChI is InChI=1S/C15H25N3O2/c1-18(2)10-4-3-9-17-15(20)14(16)11-12-5-7-13(19)8-6-12/h5-8,14,19H,3-4,9-11,16H2,1-2H3,(H,17,20). The highest BCUT2D eigenvalue weighted by molar-refractivity contribution is 5.81. The largest absolute Gasteiger partial charge is 0.508 e. The van der Waals surface area contributed by atoms with Crippen molar-refractivity contribution in [3.05, 3.63) is 29.8 Å². The summed E-state index contributed by atoms with van der Waals surface area (Å²) in [4.78, 5) is 13.9. The molecule has 0 aliphatic carbocycles. The first kappa shape index (κ1) is 16.5. The van der Waals surface area contributed by atoms with Gasteiger partial charge in [0.1, 0.15) is 5.75 Å². The van der Waals surface area contributed by atoms with Gasteiger partial charge < -0.3 is 21.1 Å². The van der Waals surface area contributed by atoms with Crippen LogP contribution in [0.15, 0.2) is 24.3 Å². The lowest BCUT2D eigenvalue weighted by molar-refractivity contribution is -0.122. The lowest BCUT2D eigenvalue weighted by atomic mass is 10.1. The Labute approximate surface area is 120 Å². The maximum Gasteiger partial charge on any atom is 0.237 e. The molecule has 1 aromatic carbocycles. The summed E-state index contributed by atoms with van der Waals surface area (Å²) in [5.41, 5.74) is 6.81. The molecule has 0 aliphatic rings. The number of unbranched alkanes of at least 4 members (excludes halogenated alkanes) is 1. The number of nitrogens with zero attached hydrogens (tertiary/aromatic N) is 1. The third-order valence-corrected chi connectivity index (χ3v) is 3.06. The third-order valence-electron chi connectivity index (χ3n) is 3.06. The number of hydrogen-bond donors (Lipinski definition) is 3. The Morgan fingerprint density at radius 1 is 1.30 bits per heavy atom. The minimum absolute atomic E-state index is 0.122. The van der Waals surface area contributed by atoms with Crippen LogP contribution in [-0.4, -0.2) is 49.1 Å². The van der Waals surface area contributed by atoms with E-state index in [9.17, 15) is 9.90 Å². The first-order valence-electron chi connectivity index (χ1n) is 6.95. The molecule has 112 valence electrons. The molecule has 0 saturated carbocycles. The van der Waals surface area contributed by atoms with Crippen LogP contribution in [0.4, 0.5) is 0 Å². The molecule has 1 atom stereocenters. The second-order valence-electron chi connectivity index (χ2n) is 5.28. The van der Waals surface area contributed by atoms with Crippen LogP contribution in [-0.2, 0) is 11.2 Å². The summed E-state index contributed by atoms with van der Waals surface area (Å²) in [6, 6.07) is 6.20. The molecule has 4 N–H and O–H groups in total. The van der Waals surface area contributed by atoms with Crippen LogP contribution >= 0.6 is 0 Å². The number of amides is 1. The van der Waals surface area contributed by atoms with E-state index in [0.717, 1.165) is 24.9 Å².